The van der Waals surface area contributed by atoms with Crippen molar-refractivity contribution in [2.45, 2.75) is 57.9 Å². The van der Waals surface area contributed by atoms with Crippen LogP contribution in [0, 0.1) is 0 Å². The molecule has 160 valence electrons. The minimum absolute atomic E-state index is 0.0746. The van der Waals surface area contributed by atoms with E-state index in [0.717, 1.165) is 18.9 Å². The Kier molecular flexibility index (Phi) is 5.74. The van der Waals surface area contributed by atoms with Gasteiger partial charge < -0.3 is 19.1 Å². The number of hydrogen-bond acceptors (Lipinski definition) is 4. The van der Waals surface area contributed by atoms with Gasteiger partial charge in [0.1, 0.15) is 22.7 Å². The third kappa shape index (κ3) is 5.36. The Morgan fingerprint density at radius 1 is 1.14 bits per heavy atom. The lowest BCUT2D eigenvalue weighted by atomic mass is 9.98. The van der Waals surface area contributed by atoms with Crippen molar-refractivity contribution in [3.63, 3.8) is 0 Å². The predicted octanol–water partition coefficient (Wildman–Crippen LogP) is 5.28. The standard InChI is InChI=1S/C21H26F3NO4/c1-20(2,3)29-19(26)25-9-5-6-13(12-25)15-10-18(27-4)16(21(22,23)24)11-17(15)28-14-7-8-14/h6,10-11,14H,5,7-9,12H2,1-4H3. The van der Waals surface area contributed by atoms with Crippen LogP contribution < -0.4 is 9.47 Å². The maximum absolute atomic E-state index is 13.4. The molecule has 5 nitrogen and oxygen atoms in total. The number of nitrogens with zero attached hydrogens (tertiary/aromatic N) is 1. The molecule has 0 radical (unpaired) electrons. The lowest BCUT2D eigenvalue weighted by molar-refractivity contribution is -0.138. The third-order valence-electron chi connectivity index (χ3n) is 4.57. The van der Waals surface area contributed by atoms with Crippen molar-refractivity contribution in [1.29, 1.82) is 0 Å². The van der Waals surface area contributed by atoms with Gasteiger partial charge in [0.25, 0.3) is 0 Å². The van der Waals surface area contributed by atoms with Gasteiger partial charge in [0.05, 0.1) is 13.2 Å². The first kappa shape index (κ1) is 21.3. The van der Waals surface area contributed by atoms with Gasteiger partial charge in [0.15, 0.2) is 0 Å². The maximum atomic E-state index is 13.4. The summed E-state index contributed by atoms with van der Waals surface area (Å²) in [4.78, 5) is 14.0. The Hall–Kier alpha value is -2.38. The molecule has 1 aromatic carbocycles. The monoisotopic (exact) mass is 413 g/mol. The summed E-state index contributed by atoms with van der Waals surface area (Å²) in [5.41, 5.74) is -0.282. The second kappa shape index (κ2) is 7.80. The molecule has 1 aromatic rings. The van der Waals surface area contributed by atoms with E-state index in [1.807, 2.05) is 6.08 Å². The van der Waals surface area contributed by atoms with Crippen LogP contribution in [0.15, 0.2) is 18.2 Å². The van der Waals surface area contributed by atoms with Crippen LogP contribution in [-0.2, 0) is 10.9 Å². The van der Waals surface area contributed by atoms with Gasteiger partial charge in [-0.05, 0) is 57.7 Å². The quantitative estimate of drug-likeness (QED) is 0.674. The predicted molar refractivity (Wildman–Crippen MR) is 102 cm³/mol. The van der Waals surface area contributed by atoms with E-state index < -0.39 is 23.4 Å². The van der Waals surface area contributed by atoms with E-state index in [1.165, 1.54) is 13.2 Å². The molecule has 0 N–H and O–H groups in total. The fourth-order valence-electron chi connectivity index (χ4n) is 3.09. The first-order valence-electron chi connectivity index (χ1n) is 9.61. The molecule has 8 heteroatoms. The Morgan fingerprint density at radius 2 is 1.83 bits per heavy atom. The van der Waals surface area contributed by atoms with Crippen molar-refractivity contribution in [2.75, 3.05) is 20.2 Å². The summed E-state index contributed by atoms with van der Waals surface area (Å²) in [7, 11) is 1.21. The third-order valence-corrected chi connectivity index (χ3v) is 4.57. The number of methoxy groups -OCH3 is 1. The van der Waals surface area contributed by atoms with E-state index in [2.05, 4.69) is 0 Å². The largest absolute Gasteiger partial charge is 0.496 e. The summed E-state index contributed by atoms with van der Waals surface area (Å²) in [6.45, 7) is 6.06. The number of ether oxygens (including phenoxy) is 3. The zero-order valence-corrected chi connectivity index (χ0v) is 17.1. The molecule has 29 heavy (non-hydrogen) atoms. The molecular formula is C21H26F3NO4. The normalized spacial score (nSPS) is 17.6. The molecule has 0 aromatic heterocycles. The Morgan fingerprint density at radius 3 is 2.38 bits per heavy atom. The number of halogens is 3. The van der Waals surface area contributed by atoms with Crippen molar-refractivity contribution in [2.24, 2.45) is 0 Å². The number of alkyl halides is 3. The lowest BCUT2D eigenvalue weighted by Gasteiger charge is -2.31. The molecule has 1 amide bonds. The highest BCUT2D eigenvalue weighted by atomic mass is 19.4. The first-order chi connectivity index (χ1) is 13.5. The molecular weight excluding hydrogens is 387 g/mol. The van der Waals surface area contributed by atoms with Crippen LogP contribution >= 0.6 is 0 Å². The van der Waals surface area contributed by atoms with E-state index >= 15 is 0 Å². The average Bonchev–Trinajstić information content (AvgIpc) is 3.43. The van der Waals surface area contributed by atoms with Gasteiger partial charge in [0, 0.05) is 18.7 Å². The summed E-state index contributed by atoms with van der Waals surface area (Å²) in [5.74, 6) is -0.108. The molecule has 0 saturated heterocycles. The Bertz CT molecular complexity index is 807. The van der Waals surface area contributed by atoms with Gasteiger partial charge in [-0.15, -0.1) is 0 Å². The van der Waals surface area contributed by atoms with Gasteiger partial charge in [-0.3, -0.25) is 0 Å². The molecule has 1 fully saturated rings. The molecule has 0 bridgehead atoms. The van der Waals surface area contributed by atoms with Crippen molar-refractivity contribution in [1.82, 2.24) is 4.90 Å². The molecule has 0 unspecified atom stereocenters. The smallest absolute Gasteiger partial charge is 0.420 e. The minimum atomic E-state index is -4.56. The number of carbonyl (C=O) groups excluding carboxylic acids is 1. The van der Waals surface area contributed by atoms with E-state index in [-0.39, 0.29) is 24.1 Å². The fourth-order valence-corrected chi connectivity index (χ4v) is 3.09. The first-order valence-corrected chi connectivity index (χ1v) is 9.61. The van der Waals surface area contributed by atoms with Crippen LogP contribution in [-0.4, -0.2) is 42.9 Å². The van der Waals surface area contributed by atoms with Crippen LogP contribution in [0.4, 0.5) is 18.0 Å². The average molecular weight is 413 g/mol. The van der Waals surface area contributed by atoms with Gasteiger partial charge in [0.2, 0.25) is 0 Å². The van der Waals surface area contributed by atoms with E-state index in [4.69, 9.17) is 14.2 Å². The summed E-state index contributed by atoms with van der Waals surface area (Å²) in [6, 6.07) is 2.35. The Labute approximate surface area is 168 Å². The van der Waals surface area contributed by atoms with E-state index in [0.29, 0.717) is 24.1 Å². The lowest BCUT2D eigenvalue weighted by Crippen LogP contribution is -2.39. The topological polar surface area (TPSA) is 48.0 Å². The van der Waals surface area contributed by atoms with Crippen molar-refractivity contribution in [3.8, 4) is 11.5 Å². The van der Waals surface area contributed by atoms with Crippen LogP contribution in [0.2, 0.25) is 0 Å². The van der Waals surface area contributed by atoms with Gasteiger partial charge in [-0.25, -0.2) is 4.79 Å². The molecule has 0 atom stereocenters. The number of carbonyl (C=O) groups is 1. The molecule has 1 saturated carbocycles. The molecule has 0 spiro atoms. The van der Waals surface area contributed by atoms with E-state index in [1.54, 1.807) is 25.7 Å². The summed E-state index contributed by atoms with van der Waals surface area (Å²) < 4.78 is 56.6. The Balaban J connectivity index is 1.93. The minimum Gasteiger partial charge on any atom is -0.496 e. The number of rotatable bonds is 4. The SMILES string of the molecule is COc1cc(C2=CCCN(C(=O)OC(C)(C)C)C2)c(OC2CC2)cc1C(F)(F)F. The molecule has 1 aliphatic heterocycles. The summed E-state index contributed by atoms with van der Waals surface area (Å²) in [5, 5.41) is 0. The molecule has 2 aliphatic rings. The van der Waals surface area contributed by atoms with Crippen molar-refractivity contribution >= 4 is 11.7 Å². The van der Waals surface area contributed by atoms with Crippen molar-refractivity contribution < 1.29 is 32.2 Å². The molecule has 3 rings (SSSR count). The zero-order chi connectivity index (χ0) is 21.4. The number of hydrogen-bond donors (Lipinski definition) is 0. The van der Waals surface area contributed by atoms with Crippen LogP contribution in [0.25, 0.3) is 5.57 Å². The number of benzene rings is 1. The van der Waals surface area contributed by atoms with Crippen molar-refractivity contribution in [3.05, 3.63) is 29.3 Å². The summed E-state index contributed by atoms with van der Waals surface area (Å²) >= 11 is 0. The van der Waals surface area contributed by atoms with Crippen LogP contribution in [0.1, 0.15) is 51.2 Å². The maximum Gasteiger partial charge on any atom is 0.420 e. The molecule has 1 aliphatic carbocycles. The highest BCUT2D eigenvalue weighted by molar-refractivity contribution is 5.78. The van der Waals surface area contributed by atoms with Crippen LogP contribution in [0.5, 0.6) is 11.5 Å². The van der Waals surface area contributed by atoms with Gasteiger partial charge in [-0.1, -0.05) is 6.08 Å². The highest BCUT2D eigenvalue weighted by Gasteiger charge is 2.37. The second-order valence-electron chi connectivity index (χ2n) is 8.28. The second-order valence-corrected chi connectivity index (χ2v) is 8.28. The fraction of sp³-hybridized carbons (Fsp3) is 0.571. The highest BCUT2D eigenvalue weighted by Crippen LogP contribution is 2.44. The number of amides is 1. The molecule has 1 heterocycles. The van der Waals surface area contributed by atoms with E-state index in [9.17, 15) is 18.0 Å². The zero-order valence-electron chi connectivity index (χ0n) is 17.1. The van der Waals surface area contributed by atoms with Gasteiger partial charge in [-0.2, -0.15) is 13.2 Å². The van der Waals surface area contributed by atoms with Gasteiger partial charge >= 0.3 is 12.3 Å². The summed E-state index contributed by atoms with van der Waals surface area (Å²) in [6.07, 6.45) is -0.967. The van der Waals surface area contributed by atoms with Crippen LogP contribution in [0.3, 0.4) is 0 Å².